The molecular formula is C17H16BrClFNO3S. The molecule has 2 aromatic carbocycles. The van der Waals surface area contributed by atoms with Gasteiger partial charge in [0.2, 0.25) is 0 Å². The fourth-order valence-electron chi connectivity index (χ4n) is 3.11. The molecule has 3 rings (SSSR count). The second-order valence-corrected chi connectivity index (χ2v) is 8.75. The van der Waals surface area contributed by atoms with E-state index in [1.807, 2.05) is 6.92 Å². The zero-order valence-corrected chi connectivity index (χ0v) is 16.5. The number of sulfonamides is 1. The summed E-state index contributed by atoms with van der Waals surface area (Å²) in [6, 6.07) is 5.58. The van der Waals surface area contributed by atoms with Gasteiger partial charge in [-0.15, -0.1) is 0 Å². The molecule has 8 heteroatoms. The van der Waals surface area contributed by atoms with E-state index in [4.69, 9.17) is 11.6 Å². The minimum atomic E-state index is -3.94. The first-order chi connectivity index (χ1) is 11.7. The quantitative estimate of drug-likeness (QED) is 0.719. The van der Waals surface area contributed by atoms with Crippen LogP contribution < -0.4 is 4.72 Å². The zero-order chi connectivity index (χ0) is 18.4. The van der Waals surface area contributed by atoms with Crippen LogP contribution in [0.2, 0.25) is 5.02 Å². The molecule has 2 aromatic rings. The molecule has 0 spiro atoms. The Morgan fingerprint density at radius 3 is 2.80 bits per heavy atom. The maximum Gasteiger partial charge on any atom is 0.262 e. The van der Waals surface area contributed by atoms with Crippen molar-refractivity contribution in [1.29, 1.82) is 0 Å². The van der Waals surface area contributed by atoms with Crippen molar-refractivity contribution in [3.05, 3.63) is 56.3 Å². The summed E-state index contributed by atoms with van der Waals surface area (Å²) in [6.07, 6.45) is 0.648. The topological polar surface area (TPSA) is 66.4 Å². The second-order valence-electron chi connectivity index (χ2n) is 5.87. The van der Waals surface area contributed by atoms with Gasteiger partial charge < -0.3 is 5.11 Å². The van der Waals surface area contributed by atoms with Crippen LogP contribution in [-0.4, -0.2) is 13.5 Å². The molecule has 0 bridgehead atoms. The summed E-state index contributed by atoms with van der Waals surface area (Å²) in [5.41, 5.74) is 1.96. The Kier molecular flexibility index (Phi) is 5.12. The number of aliphatic hydroxyl groups excluding tert-OH is 1. The van der Waals surface area contributed by atoms with Crippen LogP contribution in [0.1, 0.15) is 36.1 Å². The number of rotatable bonds is 4. The monoisotopic (exact) mass is 447 g/mol. The number of halogens is 3. The third kappa shape index (κ3) is 3.43. The third-order valence-corrected chi connectivity index (χ3v) is 6.83. The lowest BCUT2D eigenvalue weighted by atomic mass is 10.1. The molecule has 0 radical (unpaired) electrons. The highest BCUT2D eigenvalue weighted by Crippen LogP contribution is 2.38. The highest BCUT2D eigenvalue weighted by molar-refractivity contribution is 9.10. The van der Waals surface area contributed by atoms with E-state index >= 15 is 0 Å². The molecule has 4 nitrogen and oxygen atoms in total. The number of nitrogens with one attached hydrogen (secondary N) is 1. The van der Waals surface area contributed by atoms with Gasteiger partial charge in [-0.05, 0) is 76.1 Å². The number of hydrogen-bond acceptors (Lipinski definition) is 3. The van der Waals surface area contributed by atoms with E-state index in [2.05, 4.69) is 20.7 Å². The van der Waals surface area contributed by atoms with E-state index in [1.54, 1.807) is 6.07 Å². The van der Waals surface area contributed by atoms with E-state index in [0.717, 1.165) is 0 Å². The first kappa shape index (κ1) is 18.6. The predicted octanol–water partition coefficient (Wildman–Crippen LogP) is 4.58. The van der Waals surface area contributed by atoms with Gasteiger partial charge in [0.15, 0.2) is 0 Å². The molecule has 1 atom stereocenters. The average molecular weight is 449 g/mol. The molecular weight excluding hydrogens is 433 g/mol. The molecule has 25 heavy (non-hydrogen) atoms. The maximum atomic E-state index is 13.7. The van der Waals surface area contributed by atoms with Gasteiger partial charge in [0, 0.05) is 5.02 Å². The number of benzene rings is 2. The van der Waals surface area contributed by atoms with Crippen molar-refractivity contribution in [2.24, 2.45) is 0 Å². The third-order valence-electron chi connectivity index (χ3n) is 4.32. The molecule has 0 amide bonds. The smallest absolute Gasteiger partial charge is 0.262 e. The lowest BCUT2D eigenvalue weighted by Gasteiger charge is -2.16. The fraction of sp³-hybridized carbons (Fsp3) is 0.294. The average Bonchev–Trinajstić information content (AvgIpc) is 2.91. The first-order valence-corrected chi connectivity index (χ1v) is 10.4. The number of hydrogen-bond donors (Lipinski definition) is 2. The van der Waals surface area contributed by atoms with Crippen LogP contribution in [0.15, 0.2) is 33.6 Å². The summed E-state index contributed by atoms with van der Waals surface area (Å²) in [5.74, 6) is -0.452. The summed E-state index contributed by atoms with van der Waals surface area (Å²) in [7, 11) is -3.94. The Balaban J connectivity index is 2.08. The molecule has 1 aliphatic carbocycles. The maximum absolute atomic E-state index is 13.7. The van der Waals surface area contributed by atoms with Gasteiger partial charge in [0.25, 0.3) is 10.0 Å². The van der Waals surface area contributed by atoms with Gasteiger partial charge >= 0.3 is 0 Å². The Labute approximate surface area is 159 Å². The van der Waals surface area contributed by atoms with E-state index in [1.165, 1.54) is 18.2 Å². The van der Waals surface area contributed by atoms with E-state index in [-0.39, 0.29) is 14.4 Å². The van der Waals surface area contributed by atoms with Gasteiger partial charge in [-0.1, -0.05) is 18.5 Å². The van der Waals surface area contributed by atoms with Crippen LogP contribution in [-0.2, 0) is 22.9 Å². The van der Waals surface area contributed by atoms with Crippen molar-refractivity contribution in [2.45, 2.75) is 37.2 Å². The highest BCUT2D eigenvalue weighted by Gasteiger charge is 2.29. The van der Waals surface area contributed by atoms with Crippen molar-refractivity contribution in [2.75, 3.05) is 4.72 Å². The van der Waals surface area contributed by atoms with E-state index < -0.39 is 21.9 Å². The minimum absolute atomic E-state index is 0.0500. The van der Waals surface area contributed by atoms with Crippen LogP contribution >= 0.6 is 27.5 Å². The Bertz CT molecular complexity index is 949. The number of anilines is 1. The molecule has 0 aliphatic heterocycles. The normalized spacial score (nSPS) is 16.8. The summed E-state index contributed by atoms with van der Waals surface area (Å²) >= 11 is 9.21. The van der Waals surface area contributed by atoms with Gasteiger partial charge in [0.05, 0.1) is 21.2 Å². The molecule has 1 unspecified atom stereocenters. The highest BCUT2D eigenvalue weighted by atomic mass is 79.9. The van der Waals surface area contributed by atoms with Crippen molar-refractivity contribution in [1.82, 2.24) is 0 Å². The van der Waals surface area contributed by atoms with Gasteiger partial charge in [0.1, 0.15) is 5.82 Å². The van der Waals surface area contributed by atoms with Gasteiger partial charge in [-0.25, -0.2) is 12.8 Å². The number of fused-ring (bicyclic) bond motifs is 1. The molecule has 2 N–H and O–H groups in total. The van der Waals surface area contributed by atoms with Crippen molar-refractivity contribution in [3.8, 4) is 0 Å². The van der Waals surface area contributed by atoms with Crippen LogP contribution in [0.25, 0.3) is 0 Å². The summed E-state index contributed by atoms with van der Waals surface area (Å²) in [4.78, 5) is 0.0500. The zero-order valence-electron chi connectivity index (χ0n) is 13.3. The summed E-state index contributed by atoms with van der Waals surface area (Å²) in [6.45, 7) is 1.81. The largest absolute Gasteiger partial charge is 0.388 e. The Hall–Kier alpha value is -1.15. The van der Waals surface area contributed by atoms with Crippen LogP contribution in [0.3, 0.4) is 0 Å². The second kappa shape index (κ2) is 6.87. The van der Waals surface area contributed by atoms with Gasteiger partial charge in [-0.3, -0.25) is 4.72 Å². The first-order valence-electron chi connectivity index (χ1n) is 7.74. The summed E-state index contributed by atoms with van der Waals surface area (Å²) in [5, 5.41) is 10.3. The molecule has 0 saturated heterocycles. The van der Waals surface area contributed by atoms with Crippen LogP contribution in [0.4, 0.5) is 10.1 Å². The molecule has 1 aliphatic rings. The Morgan fingerprint density at radius 1 is 1.40 bits per heavy atom. The lowest BCUT2D eigenvalue weighted by molar-refractivity contribution is 0.180. The van der Waals surface area contributed by atoms with E-state index in [0.29, 0.717) is 41.6 Å². The predicted molar refractivity (Wildman–Crippen MR) is 99.0 cm³/mol. The minimum Gasteiger partial charge on any atom is -0.388 e. The molecule has 134 valence electrons. The lowest BCUT2D eigenvalue weighted by Crippen LogP contribution is -2.16. The molecule has 0 aromatic heterocycles. The van der Waals surface area contributed by atoms with Crippen molar-refractivity contribution < 1.29 is 17.9 Å². The summed E-state index contributed by atoms with van der Waals surface area (Å²) < 4.78 is 42.3. The SMILES string of the molecule is CCc1c(NS(=O)(=O)c2cc(Cl)cc3c2CCC3O)ccc(F)c1Br. The van der Waals surface area contributed by atoms with Crippen LogP contribution in [0.5, 0.6) is 0 Å². The van der Waals surface area contributed by atoms with Crippen molar-refractivity contribution in [3.63, 3.8) is 0 Å². The molecule has 0 fully saturated rings. The molecule has 0 saturated carbocycles. The van der Waals surface area contributed by atoms with Crippen LogP contribution in [0, 0.1) is 5.82 Å². The number of aliphatic hydroxyl groups is 1. The Morgan fingerprint density at radius 2 is 2.12 bits per heavy atom. The fourth-order valence-corrected chi connectivity index (χ4v) is 5.44. The molecule has 0 heterocycles. The van der Waals surface area contributed by atoms with E-state index in [9.17, 15) is 17.9 Å². The standard InChI is InChI=1S/C17H16BrClFNO3S/c1-2-10-14(5-4-13(20)17(10)18)21-25(23,24)16-8-9(19)7-12-11(16)3-6-15(12)22/h4-5,7-8,15,21-22H,2-3,6H2,1H3. The van der Waals surface area contributed by atoms with Gasteiger partial charge in [-0.2, -0.15) is 0 Å². The van der Waals surface area contributed by atoms with Crippen molar-refractivity contribution >= 4 is 43.2 Å².